The van der Waals surface area contributed by atoms with Gasteiger partial charge in [0.05, 0.1) is 0 Å². The summed E-state index contributed by atoms with van der Waals surface area (Å²) in [5.74, 6) is 0.148. The SMILES string of the molecule is BC(C)(C)CC(=O)NCC. The van der Waals surface area contributed by atoms with Crippen LogP contribution in [0.4, 0.5) is 0 Å². The van der Waals surface area contributed by atoms with Crippen molar-refractivity contribution in [3.63, 3.8) is 0 Å². The summed E-state index contributed by atoms with van der Waals surface area (Å²) < 4.78 is 0. The molecule has 0 bridgehead atoms. The van der Waals surface area contributed by atoms with E-state index >= 15 is 0 Å². The smallest absolute Gasteiger partial charge is 0.219 e. The molecule has 0 spiro atoms. The first kappa shape index (κ1) is 9.53. The molecule has 0 aliphatic rings. The van der Waals surface area contributed by atoms with Gasteiger partial charge in [-0.2, -0.15) is 0 Å². The molecule has 10 heavy (non-hydrogen) atoms. The standard InChI is InChI=1S/C7H16BNO/c1-4-9-6(10)5-7(2,3)8/h4-5,8H2,1-3H3,(H,9,10). The van der Waals surface area contributed by atoms with Gasteiger partial charge in [-0.25, -0.2) is 0 Å². The summed E-state index contributed by atoms with van der Waals surface area (Å²) in [5.41, 5.74) is 0. The van der Waals surface area contributed by atoms with Crippen LogP contribution in [0, 0.1) is 0 Å². The summed E-state index contributed by atoms with van der Waals surface area (Å²) in [6.45, 7) is 6.78. The Labute approximate surface area is 63.8 Å². The van der Waals surface area contributed by atoms with Crippen molar-refractivity contribution in [2.75, 3.05) is 6.54 Å². The van der Waals surface area contributed by atoms with E-state index in [4.69, 9.17) is 0 Å². The molecule has 0 atom stereocenters. The highest BCUT2D eigenvalue weighted by molar-refractivity contribution is 6.16. The van der Waals surface area contributed by atoms with Crippen molar-refractivity contribution in [1.82, 2.24) is 5.32 Å². The van der Waals surface area contributed by atoms with Crippen LogP contribution in [-0.4, -0.2) is 20.3 Å². The van der Waals surface area contributed by atoms with Gasteiger partial charge >= 0.3 is 0 Å². The average molecular weight is 141 g/mol. The first-order valence-electron chi connectivity index (χ1n) is 3.72. The third kappa shape index (κ3) is 5.67. The van der Waals surface area contributed by atoms with E-state index in [1.807, 2.05) is 6.92 Å². The number of rotatable bonds is 3. The number of amides is 1. The van der Waals surface area contributed by atoms with E-state index in [0.29, 0.717) is 6.42 Å². The fourth-order valence-corrected chi connectivity index (χ4v) is 0.741. The van der Waals surface area contributed by atoms with Crippen molar-refractivity contribution in [1.29, 1.82) is 0 Å². The maximum Gasteiger partial charge on any atom is 0.219 e. The summed E-state index contributed by atoms with van der Waals surface area (Å²) in [6, 6.07) is 0. The van der Waals surface area contributed by atoms with Crippen LogP contribution in [-0.2, 0) is 4.79 Å². The van der Waals surface area contributed by atoms with Crippen LogP contribution in [0.3, 0.4) is 0 Å². The predicted octanol–water partition coefficient (Wildman–Crippen LogP) is 0.344. The van der Waals surface area contributed by atoms with Crippen molar-refractivity contribution in [2.45, 2.75) is 32.5 Å². The Kier molecular flexibility index (Phi) is 3.47. The maximum atomic E-state index is 10.9. The second-order valence-electron chi connectivity index (χ2n) is 3.69. The molecule has 0 aliphatic carbocycles. The Balaban J connectivity index is 3.58. The Morgan fingerprint density at radius 2 is 2.10 bits per heavy atom. The highest BCUT2D eigenvalue weighted by Gasteiger charge is 2.14. The Morgan fingerprint density at radius 1 is 1.60 bits per heavy atom. The van der Waals surface area contributed by atoms with Gasteiger partial charge in [-0.3, -0.25) is 4.79 Å². The van der Waals surface area contributed by atoms with Crippen LogP contribution in [0.1, 0.15) is 27.2 Å². The maximum absolute atomic E-state index is 10.9. The Bertz CT molecular complexity index is 117. The van der Waals surface area contributed by atoms with Gasteiger partial charge in [0, 0.05) is 13.0 Å². The van der Waals surface area contributed by atoms with Gasteiger partial charge in [0.2, 0.25) is 5.91 Å². The van der Waals surface area contributed by atoms with Crippen LogP contribution in [0.2, 0.25) is 5.31 Å². The molecular formula is C7H16BNO. The van der Waals surface area contributed by atoms with Crippen molar-refractivity contribution in [3.8, 4) is 0 Å². The minimum atomic E-state index is 0.110. The highest BCUT2D eigenvalue weighted by atomic mass is 16.1. The normalized spacial score (nSPS) is 11.1. The quantitative estimate of drug-likeness (QED) is 0.564. The van der Waals surface area contributed by atoms with Crippen molar-refractivity contribution < 1.29 is 4.79 Å². The van der Waals surface area contributed by atoms with Crippen LogP contribution in [0.25, 0.3) is 0 Å². The van der Waals surface area contributed by atoms with Crippen LogP contribution < -0.4 is 5.32 Å². The first-order chi connectivity index (χ1) is 4.45. The lowest BCUT2D eigenvalue weighted by Crippen LogP contribution is -2.25. The molecule has 0 rings (SSSR count). The summed E-state index contributed by atoms with van der Waals surface area (Å²) in [4.78, 5) is 10.9. The zero-order chi connectivity index (χ0) is 8.20. The Morgan fingerprint density at radius 3 is 2.40 bits per heavy atom. The van der Waals surface area contributed by atoms with E-state index in [1.54, 1.807) is 0 Å². The molecule has 2 nitrogen and oxygen atoms in total. The molecule has 0 aromatic carbocycles. The minimum Gasteiger partial charge on any atom is -0.356 e. The molecule has 58 valence electrons. The lowest BCUT2D eigenvalue weighted by molar-refractivity contribution is -0.121. The average Bonchev–Trinajstić information content (AvgIpc) is 1.59. The zero-order valence-corrected chi connectivity index (χ0v) is 7.32. The summed E-state index contributed by atoms with van der Waals surface area (Å²) in [6.07, 6.45) is 0.612. The van der Waals surface area contributed by atoms with Gasteiger partial charge in [0.25, 0.3) is 0 Å². The molecule has 0 heterocycles. The van der Waals surface area contributed by atoms with Crippen LogP contribution in [0.5, 0.6) is 0 Å². The van der Waals surface area contributed by atoms with Crippen LogP contribution >= 0.6 is 0 Å². The second-order valence-corrected chi connectivity index (χ2v) is 3.69. The third-order valence-corrected chi connectivity index (χ3v) is 1.06. The monoisotopic (exact) mass is 141 g/mol. The number of carbonyl (C=O) groups excluding carboxylic acids is 1. The molecule has 0 saturated carbocycles. The summed E-state index contributed by atoms with van der Waals surface area (Å²) in [5, 5.41) is 2.87. The largest absolute Gasteiger partial charge is 0.356 e. The van der Waals surface area contributed by atoms with E-state index in [-0.39, 0.29) is 11.2 Å². The van der Waals surface area contributed by atoms with Gasteiger partial charge < -0.3 is 5.32 Å². The molecule has 0 radical (unpaired) electrons. The molecule has 3 heteroatoms. The number of nitrogens with one attached hydrogen (secondary N) is 1. The minimum absolute atomic E-state index is 0.110. The van der Waals surface area contributed by atoms with E-state index in [0.717, 1.165) is 6.54 Å². The molecule has 1 N–H and O–H groups in total. The van der Waals surface area contributed by atoms with Gasteiger partial charge in [0.15, 0.2) is 0 Å². The second kappa shape index (κ2) is 3.64. The number of hydrogen-bond donors (Lipinski definition) is 1. The van der Waals surface area contributed by atoms with Gasteiger partial charge in [-0.15, -0.1) is 0 Å². The number of hydrogen-bond acceptors (Lipinski definition) is 1. The van der Waals surface area contributed by atoms with Crippen molar-refractivity contribution in [2.24, 2.45) is 0 Å². The van der Waals surface area contributed by atoms with Gasteiger partial charge in [-0.05, 0) is 6.92 Å². The molecule has 1 amide bonds. The van der Waals surface area contributed by atoms with Gasteiger partial charge in [-0.1, -0.05) is 19.2 Å². The molecule has 0 aromatic heterocycles. The Hall–Kier alpha value is -0.465. The van der Waals surface area contributed by atoms with Gasteiger partial charge in [0.1, 0.15) is 7.85 Å². The molecule has 0 aliphatic heterocycles. The fraction of sp³-hybridized carbons (Fsp3) is 0.857. The summed E-state index contributed by atoms with van der Waals surface area (Å²) in [7, 11) is 2.06. The van der Waals surface area contributed by atoms with E-state index in [9.17, 15) is 4.79 Å². The lowest BCUT2D eigenvalue weighted by Gasteiger charge is -2.16. The van der Waals surface area contributed by atoms with Crippen molar-refractivity contribution >= 4 is 13.8 Å². The number of carbonyl (C=O) groups is 1. The molecule has 0 unspecified atom stereocenters. The molecular weight excluding hydrogens is 125 g/mol. The summed E-state index contributed by atoms with van der Waals surface area (Å²) >= 11 is 0. The van der Waals surface area contributed by atoms with E-state index < -0.39 is 0 Å². The molecule has 0 fully saturated rings. The molecule has 0 saturated heterocycles. The lowest BCUT2D eigenvalue weighted by atomic mass is 9.70. The zero-order valence-electron chi connectivity index (χ0n) is 7.32. The predicted molar refractivity (Wildman–Crippen MR) is 45.9 cm³/mol. The highest BCUT2D eigenvalue weighted by Crippen LogP contribution is 2.22. The van der Waals surface area contributed by atoms with Crippen LogP contribution in [0.15, 0.2) is 0 Å². The molecule has 0 aromatic rings. The van der Waals surface area contributed by atoms with E-state index in [2.05, 4.69) is 27.0 Å². The third-order valence-electron chi connectivity index (χ3n) is 1.06. The topological polar surface area (TPSA) is 29.1 Å². The fourth-order valence-electron chi connectivity index (χ4n) is 0.741. The first-order valence-corrected chi connectivity index (χ1v) is 3.72. The van der Waals surface area contributed by atoms with E-state index in [1.165, 1.54) is 0 Å². The van der Waals surface area contributed by atoms with Crippen molar-refractivity contribution in [3.05, 3.63) is 0 Å².